The van der Waals surface area contributed by atoms with Crippen molar-refractivity contribution in [2.45, 2.75) is 38.5 Å². The smallest absolute Gasteiger partial charge is 0.255 e. The number of hydrogen-bond acceptors (Lipinski definition) is 4. The molecule has 0 radical (unpaired) electrons. The minimum absolute atomic E-state index is 0.182. The van der Waals surface area contributed by atoms with E-state index in [0.29, 0.717) is 66.6 Å². The van der Waals surface area contributed by atoms with Gasteiger partial charge in [-0.3, -0.25) is 14.4 Å². The third kappa shape index (κ3) is 5.63. The van der Waals surface area contributed by atoms with Crippen LogP contribution in [0.2, 0.25) is 5.02 Å². The highest BCUT2D eigenvalue weighted by Gasteiger charge is 2.30. The van der Waals surface area contributed by atoms with Crippen LogP contribution in [0.1, 0.15) is 58.4 Å². The number of aromatic nitrogens is 1. The van der Waals surface area contributed by atoms with Gasteiger partial charge in [-0.25, -0.2) is 4.39 Å². The van der Waals surface area contributed by atoms with Crippen molar-refractivity contribution < 1.29 is 23.5 Å². The molecule has 6 nitrogen and oxygen atoms in total. The minimum Gasteiger partial charge on any atom is -0.381 e. The molecule has 2 saturated heterocycles. The maximum Gasteiger partial charge on any atom is 0.255 e. The summed E-state index contributed by atoms with van der Waals surface area (Å²) >= 11 is 6.49. The number of hydrogen-bond donors (Lipinski definition) is 1. The summed E-state index contributed by atoms with van der Waals surface area (Å²) in [6.45, 7) is 2.28. The van der Waals surface area contributed by atoms with Gasteiger partial charge in [-0.15, -0.1) is 0 Å². The molecule has 1 N–H and O–H groups in total. The highest BCUT2D eigenvalue weighted by atomic mass is 35.5. The lowest BCUT2D eigenvalue weighted by molar-refractivity contribution is -0.119. The summed E-state index contributed by atoms with van der Waals surface area (Å²) in [5.41, 5.74) is 2.30. The van der Waals surface area contributed by atoms with E-state index >= 15 is 0 Å². The van der Waals surface area contributed by atoms with E-state index in [1.165, 1.54) is 18.3 Å². The van der Waals surface area contributed by atoms with Gasteiger partial charge in [-0.2, -0.15) is 0 Å². The van der Waals surface area contributed by atoms with Gasteiger partial charge in [0.15, 0.2) is 0 Å². The molecule has 2 aliphatic rings. The van der Waals surface area contributed by atoms with E-state index in [2.05, 4.69) is 4.98 Å². The van der Waals surface area contributed by atoms with Crippen LogP contribution in [0.5, 0.6) is 0 Å². The van der Waals surface area contributed by atoms with Crippen LogP contribution in [0.15, 0.2) is 42.6 Å². The molecule has 5 rings (SSSR count). The molecule has 0 aliphatic carbocycles. The van der Waals surface area contributed by atoms with Crippen LogP contribution in [0.4, 0.5) is 4.39 Å². The number of aromatic amines is 1. The lowest BCUT2D eigenvalue weighted by Crippen LogP contribution is -2.39. The molecule has 1 atom stereocenters. The van der Waals surface area contributed by atoms with E-state index < -0.39 is 11.6 Å². The van der Waals surface area contributed by atoms with E-state index in [4.69, 9.17) is 16.3 Å². The second-order valence-electron chi connectivity index (χ2n) is 10.1. The highest BCUT2D eigenvalue weighted by molar-refractivity contribution is 6.46. The number of likely N-dealkylation sites (tertiary alicyclic amines) is 1. The largest absolute Gasteiger partial charge is 0.381 e. The molecular formula is C29H30ClFN2O4. The van der Waals surface area contributed by atoms with Gasteiger partial charge < -0.3 is 14.6 Å². The number of fused-ring (bicyclic) bond motifs is 1. The zero-order valence-electron chi connectivity index (χ0n) is 20.6. The lowest BCUT2D eigenvalue weighted by atomic mass is 9.89. The summed E-state index contributed by atoms with van der Waals surface area (Å²) in [5.74, 6) is -1.29. The van der Waals surface area contributed by atoms with Crippen molar-refractivity contribution in [2.24, 2.45) is 11.8 Å². The van der Waals surface area contributed by atoms with E-state index in [1.807, 2.05) is 12.1 Å². The molecule has 1 unspecified atom stereocenters. The minimum atomic E-state index is -0.541. The molecule has 1 aromatic heterocycles. The fraction of sp³-hybridized carbons (Fsp3) is 0.414. The first-order valence-electron chi connectivity index (χ1n) is 12.9. The molecule has 0 spiro atoms. The maximum atomic E-state index is 13.4. The van der Waals surface area contributed by atoms with Crippen LogP contribution in [-0.2, 0) is 16.0 Å². The van der Waals surface area contributed by atoms with Crippen LogP contribution in [-0.4, -0.2) is 53.7 Å². The molecule has 1 amide bonds. The van der Waals surface area contributed by atoms with Gasteiger partial charge in [0.05, 0.1) is 16.1 Å². The molecule has 3 aromatic rings. The van der Waals surface area contributed by atoms with Crippen molar-refractivity contribution in [3.05, 3.63) is 70.1 Å². The second kappa shape index (κ2) is 11.2. The number of nitrogens with zero attached hydrogens (tertiary/aromatic N) is 1. The predicted molar refractivity (Wildman–Crippen MR) is 140 cm³/mol. The van der Waals surface area contributed by atoms with Gasteiger partial charge in [-0.05, 0) is 74.3 Å². The Balaban J connectivity index is 1.29. The van der Waals surface area contributed by atoms with Gasteiger partial charge in [0.25, 0.3) is 5.91 Å². The number of amides is 1. The average molecular weight is 525 g/mol. The third-order valence-corrected chi connectivity index (χ3v) is 7.94. The van der Waals surface area contributed by atoms with Crippen molar-refractivity contribution in [3.8, 4) is 0 Å². The van der Waals surface area contributed by atoms with Gasteiger partial charge in [0.2, 0.25) is 11.6 Å². The Morgan fingerprint density at radius 1 is 1.00 bits per heavy atom. The Bertz CT molecular complexity index is 1300. The molecular weight excluding hydrogens is 495 g/mol. The number of rotatable bonds is 6. The van der Waals surface area contributed by atoms with E-state index in [9.17, 15) is 18.8 Å². The number of piperidine rings is 1. The molecule has 2 fully saturated rings. The number of ketones is 2. The summed E-state index contributed by atoms with van der Waals surface area (Å²) in [7, 11) is 0. The van der Waals surface area contributed by atoms with Crippen molar-refractivity contribution in [1.29, 1.82) is 0 Å². The quantitative estimate of drug-likeness (QED) is 0.335. The van der Waals surface area contributed by atoms with Gasteiger partial charge in [0.1, 0.15) is 5.82 Å². The van der Waals surface area contributed by atoms with Crippen LogP contribution < -0.4 is 0 Å². The number of Topliss-reactive ketones (excluding diaryl/α,β-unsaturated/α-hetero) is 2. The first-order chi connectivity index (χ1) is 17.9. The Morgan fingerprint density at radius 3 is 2.51 bits per heavy atom. The topological polar surface area (TPSA) is 79.5 Å². The van der Waals surface area contributed by atoms with E-state index in [1.54, 1.807) is 17.0 Å². The highest BCUT2D eigenvalue weighted by Crippen LogP contribution is 2.30. The first-order valence-corrected chi connectivity index (χ1v) is 13.3. The first kappa shape index (κ1) is 25.6. The molecule has 8 heteroatoms. The normalized spacial score (nSPS) is 19.1. The van der Waals surface area contributed by atoms with Crippen LogP contribution in [0.25, 0.3) is 10.9 Å². The van der Waals surface area contributed by atoms with Gasteiger partial charge in [0, 0.05) is 49.3 Å². The fourth-order valence-corrected chi connectivity index (χ4v) is 5.69. The number of ether oxygens (including phenoxy) is 1. The monoisotopic (exact) mass is 524 g/mol. The molecule has 37 heavy (non-hydrogen) atoms. The van der Waals surface area contributed by atoms with Crippen molar-refractivity contribution in [2.75, 3.05) is 26.3 Å². The fourth-order valence-electron chi connectivity index (χ4n) is 5.44. The van der Waals surface area contributed by atoms with Crippen LogP contribution in [0.3, 0.4) is 0 Å². The SMILES string of the molecule is O=C(C(=O)C1CCCOCC1)c1c[nH]c2cc(Cl)c(C(=O)N3CCC(Cc4ccc(F)cc4)CC3)cc12. The number of carbonyl (C=O) groups is 3. The Labute approximate surface area is 220 Å². The van der Waals surface area contributed by atoms with Crippen LogP contribution in [0, 0.1) is 17.7 Å². The summed E-state index contributed by atoms with van der Waals surface area (Å²) in [6.07, 6.45) is 6.01. The summed E-state index contributed by atoms with van der Waals surface area (Å²) < 4.78 is 18.6. The molecule has 0 bridgehead atoms. The van der Waals surface area contributed by atoms with Gasteiger partial charge in [-0.1, -0.05) is 23.7 Å². The van der Waals surface area contributed by atoms with Crippen LogP contribution >= 0.6 is 11.6 Å². The lowest BCUT2D eigenvalue weighted by Gasteiger charge is -2.32. The third-order valence-electron chi connectivity index (χ3n) is 7.63. The number of carbonyl (C=O) groups excluding carboxylic acids is 3. The summed E-state index contributed by atoms with van der Waals surface area (Å²) in [4.78, 5) is 44.3. The van der Waals surface area contributed by atoms with E-state index in [0.717, 1.165) is 31.2 Å². The molecule has 2 aliphatic heterocycles. The van der Waals surface area contributed by atoms with E-state index in [-0.39, 0.29) is 23.2 Å². The molecule has 0 saturated carbocycles. The Kier molecular flexibility index (Phi) is 7.72. The second-order valence-corrected chi connectivity index (χ2v) is 10.5. The number of H-pyrrole nitrogens is 1. The Morgan fingerprint density at radius 2 is 1.76 bits per heavy atom. The number of nitrogens with one attached hydrogen (secondary N) is 1. The molecule has 194 valence electrons. The van der Waals surface area contributed by atoms with Crippen molar-refractivity contribution in [1.82, 2.24) is 9.88 Å². The maximum absolute atomic E-state index is 13.4. The average Bonchev–Trinajstić information content (AvgIpc) is 3.12. The van der Waals surface area contributed by atoms with Gasteiger partial charge >= 0.3 is 0 Å². The molecule has 2 aromatic carbocycles. The Hall–Kier alpha value is -3.03. The molecule has 3 heterocycles. The number of benzene rings is 2. The summed E-state index contributed by atoms with van der Waals surface area (Å²) in [5, 5.41) is 0.834. The number of halogens is 2. The van der Waals surface area contributed by atoms with Crippen molar-refractivity contribution in [3.63, 3.8) is 0 Å². The predicted octanol–water partition coefficient (Wildman–Crippen LogP) is 5.62. The van der Waals surface area contributed by atoms with Crippen molar-refractivity contribution >= 4 is 40.0 Å². The standard InChI is InChI=1S/C29H30ClFN2O4/c30-25-16-26-22(24(17-32-26)28(35)27(34)20-2-1-12-37-13-9-20)15-23(25)29(36)33-10-7-19(8-11-33)14-18-3-5-21(31)6-4-18/h3-6,15-17,19-20,32H,1-2,7-14H2. The zero-order chi connectivity index (χ0) is 25.9. The summed E-state index contributed by atoms with van der Waals surface area (Å²) in [6, 6.07) is 9.86. The zero-order valence-corrected chi connectivity index (χ0v) is 21.4.